The number of fused-ring (bicyclic) bond motifs is 5. The zero-order valence-corrected chi connectivity index (χ0v) is 19.4. The summed E-state index contributed by atoms with van der Waals surface area (Å²) in [5.41, 5.74) is 6.90. The fraction of sp³-hybridized carbons (Fsp3) is 0.304. The molecule has 168 valence electrons. The number of aryl methyl sites for hydroxylation is 1. The van der Waals surface area contributed by atoms with Gasteiger partial charge in [-0.2, -0.15) is 0 Å². The summed E-state index contributed by atoms with van der Waals surface area (Å²) in [5, 5.41) is 23.2. The molecule has 2 heterocycles. The van der Waals surface area contributed by atoms with Crippen molar-refractivity contribution in [3.8, 4) is 11.3 Å². The third kappa shape index (κ3) is 2.64. The molecule has 33 heavy (non-hydrogen) atoms. The van der Waals surface area contributed by atoms with Gasteiger partial charge >= 0.3 is 5.97 Å². The monoisotopic (exact) mass is 509 g/mol. The Balaban J connectivity index is 1.50. The predicted molar refractivity (Wildman–Crippen MR) is 122 cm³/mol. The van der Waals surface area contributed by atoms with E-state index in [-0.39, 0.29) is 17.9 Å². The van der Waals surface area contributed by atoms with Gasteiger partial charge in [0.05, 0.1) is 16.4 Å². The van der Waals surface area contributed by atoms with E-state index in [9.17, 15) is 9.59 Å². The number of rotatable bonds is 4. The van der Waals surface area contributed by atoms with Crippen LogP contribution in [0.25, 0.3) is 22.3 Å². The molecule has 1 fully saturated rings. The molecule has 9 nitrogen and oxygen atoms in total. The highest BCUT2D eigenvalue weighted by Gasteiger charge is 2.59. The van der Waals surface area contributed by atoms with Crippen LogP contribution in [0.5, 0.6) is 0 Å². The van der Waals surface area contributed by atoms with Gasteiger partial charge < -0.3 is 14.8 Å². The lowest BCUT2D eigenvalue weighted by molar-refractivity contribution is -0.141. The molecular weight excluding hydrogens is 490 g/mol. The smallest absolute Gasteiger partial charge is 0.325 e. The Morgan fingerprint density at radius 3 is 2.91 bits per heavy atom. The highest BCUT2D eigenvalue weighted by molar-refractivity contribution is 9.10. The van der Waals surface area contributed by atoms with E-state index < -0.39 is 17.7 Å². The van der Waals surface area contributed by atoms with Gasteiger partial charge in [0.2, 0.25) is 5.91 Å². The lowest BCUT2D eigenvalue weighted by Gasteiger charge is -2.39. The number of amides is 1. The number of benzene rings is 2. The van der Waals surface area contributed by atoms with Crippen molar-refractivity contribution < 1.29 is 19.1 Å². The number of carboxylic acid groups (broad SMARTS) is 1. The second kappa shape index (κ2) is 6.80. The second-order valence-electron chi connectivity index (χ2n) is 8.76. The van der Waals surface area contributed by atoms with E-state index >= 15 is 0 Å². The Morgan fingerprint density at radius 2 is 2.12 bits per heavy atom. The van der Waals surface area contributed by atoms with E-state index in [1.165, 1.54) is 6.92 Å². The minimum Gasteiger partial charge on any atom is -0.480 e. The van der Waals surface area contributed by atoms with Gasteiger partial charge in [-0.05, 0) is 47.8 Å². The van der Waals surface area contributed by atoms with Crippen LogP contribution in [-0.4, -0.2) is 34.1 Å². The first-order valence-corrected chi connectivity index (χ1v) is 11.5. The number of carboxylic acids is 1. The summed E-state index contributed by atoms with van der Waals surface area (Å²) in [6.07, 6.45) is 0.550. The van der Waals surface area contributed by atoms with Crippen LogP contribution in [0.3, 0.4) is 0 Å². The minimum absolute atomic E-state index is 0.241. The molecule has 2 aliphatic carbocycles. The summed E-state index contributed by atoms with van der Waals surface area (Å²) in [5.74, 6) is -1.02. The molecule has 3 unspecified atom stereocenters. The Bertz CT molecular complexity index is 1380. The van der Waals surface area contributed by atoms with Crippen LogP contribution >= 0.6 is 15.9 Å². The number of halogens is 1. The molecule has 0 saturated heterocycles. The van der Waals surface area contributed by atoms with Crippen LogP contribution in [0.1, 0.15) is 30.0 Å². The van der Waals surface area contributed by atoms with Crippen molar-refractivity contribution in [1.29, 1.82) is 0 Å². The zero-order valence-electron chi connectivity index (χ0n) is 17.8. The molecule has 3 N–H and O–H groups in total. The normalized spacial score (nSPS) is 25.1. The Hall–Kier alpha value is -3.40. The van der Waals surface area contributed by atoms with Gasteiger partial charge in [0.25, 0.3) is 0 Å². The van der Waals surface area contributed by atoms with Crippen molar-refractivity contribution in [2.75, 3.05) is 0 Å². The summed E-state index contributed by atoms with van der Waals surface area (Å²) in [6, 6.07) is 10.7. The minimum atomic E-state index is -1.07. The van der Waals surface area contributed by atoms with Crippen molar-refractivity contribution in [3.05, 3.63) is 57.6 Å². The van der Waals surface area contributed by atoms with E-state index in [0.29, 0.717) is 6.42 Å². The highest BCUT2D eigenvalue weighted by atomic mass is 79.9. The van der Waals surface area contributed by atoms with Crippen molar-refractivity contribution in [2.24, 2.45) is 16.4 Å². The van der Waals surface area contributed by atoms with Gasteiger partial charge in [0, 0.05) is 22.1 Å². The molecule has 1 saturated carbocycles. The third-order valence-electron chi connectivity index (χ3n) is 6.76. The summed E-state index contributed by atoms with van der Waals surface area (Å²) >= 11 is 3.76. The zero-order chi connectivity index (χ0) is 23.1. The van der Waals surface area contributed by atoms with Gasteiger partial charge in [-0.3, -0.25) is 15.0 Å². The Kier molecular flexibility index (Phi) is 4.17. The van der Waals surface area contributed by atoms with Gasteiger partial charge in [-0.15, -0.1) is 0 Å². The van der Waals surface area contributed by atoms with Crippen LogP contribution < -0.4 is 10.7 Å². The molecule has 2 bridgehead atoms. The van der Waals surface area contributed by atoms with E-state index in [2.05, 4.69) is 37.1 Å². The number of hydrogen-bond donors (Lipinski definition) is 3. The standard InChI is InChI=1S/C23H20BrN5O4/c1-10-7-8-16-17-18(10)23(14-6-4-3-5-12(14)20(33-16)19(17)24)26-27-28-29(23)15-9-13(15)21(30)25-11(2)22(31)32/h3-8,11,13,15H,9H2,1-2H3,(H,25,30)(H,26,28)(H,31,32)/t11-,13?,15?,23?/m0/s1. The van der Waals surface area contributed by atoms with Crippen molar-refractivity contribution in [2.45, 2.75) is 38.0 Å². The fourth-order valence-corrected chi connectivity index (χ4v) is 5.76. The van der Waals surface area contributed by atoms with E-state index in [0.717, 1.165) is 43.5 Å². The molecule has 1 aromatic heterocycles. The molecule has 4 atom stereocenters. The number of furan rings is 1. The third-order valence-corrected chi connectivity index (χ3v) is 7.52. The van der Waals surface area contributed by atoms with Gasteiger partial charge in [0.1, 0.15) is 17.4 Å². The number of carbonyl (C=O) groups is 2. The topological polar surface area (TPSA) is 120 Å². The molecule has 10 heteroatoms. The Labute approximate surface area is 196 Å². The molecule has 1 amide bonds. The van der Waals surface area contributed by atoms with Crippen LogP contribution in [-0.2, 0) is 15.3 Å². The molecule has 6 rings (SSSR count). The first-order valence-electron chi connectivity index (χ1n) is 10.7. The fourth-order valence-electron chi connectivity index (χ4n) is 5.08. The van der Waals surface area contributed by atoms with Gasteiger partial charge in [0.15, 0.2) is 5.66 Å². The number of nitrogens with one attached hydrogen (secondary N) is 2. The van der Waals surface area contributed by atoms with Crippen LogP contribution in [0.15, 0.2) is 55.7 Å². The number of aliphatic carboxylic acids is 1. The molecule has 3 aromatic rings. The van der Waals surface area contributed by atoms with Crippen molar-refractivity contribution in [3.63, 3.8) is 0 Å². The Morgan fingerprint density at radius 1 is 1.33 bits per heavy atom. The highest BCUT2D eigenvalue weighted by Crippen LogP contribution is 2.56. The number of carbonyl (C=O) groups excluding carboxylic acids is 1. The van der Waals surface area contributed by atoms with Crippen LogP contribution in [0.4, 0.5) is 0 Å². The lowest BCUT2D eigenvalue weighted by atomic mass is 9.84. The largest absolute Gasteiger partial charge is 0.480 e. The summed E-state index contributed by atoms with van der Waals surface area (Å²) in [6.45, 7) is 3.49. The average molecular weight is 510 g/mol. The predicted octanol–water partition coefficient (Wildman–Crippen LogP) is 3.85. The van der Waals surface area contributed by atoms with Crippen molar-refractivity contribution >= 4 is 38.8 Å². The first kappa shape index (κ1) is 20.2. The molecular formula is C23H20BrN5O4. The molecule has 3 aliphatic rings. The maximum atomic E-state index is 12.8. The lowest BCUT2D eigenvalue weighted by Crippen LogP contribution is -2.52. The first-order chi connectivity index (χ1) is 15.8. The van der Waals surface area contributed by atoms with E-state index in [1.807, 2.05) is 48.3 Å². The number of hydrogen-bond acceptors (Lipinski definition) is 7. The summed E-state index contributed by atoms with van der Waals surface area (Å²) in [7, 11) is 0. The van der Waals surface area contributed by atoms with E-state index in [4.69, 9.17) is 9.52 Å². The van der Waals surface area contributed by atoms with Crippen LogP contribution in [0.2, 0.25) is 0 Å². The van der Waals surface area contributed by atoms with Gasteiger partial charge in [-0.1, -0.05) is 40.8 Å². The molecule has 1 spiro atoms. The summed E-state index contributed by atoms with van der Waals surface area (Å²) in [4.78, 5) is 24.0. The molecule has 1 aliphatic heterocycles. The van der Waals surface area contributed by atoms with E-state index in [1.54, 1.807) is 0 Å². The maximum absolute atomic E-state index is 12.8. The van der Waals surface area contributed by atoms with Crippen molar-refractivity contribution in [1.82, 2.24) is 15.8 Å². The van der Waals surface area contributed by atoms with Crippen LogP contribution in [0, 0.1) is 12.8 Å². The second-order valence-corrected chi connectivity index (χ2v) is 9.55. The van der Waals surface area contributed by atoms with Gasteiger partial charge in [-0.25, -0.2) is 5.01 Å². The molecule has 2 aromatic carbocycles. The average Bonchev–Trinajstić information content (AvgIpc) is 3.38. The number of nitrogens with zero attached hydrogens (tertiary/aromatic N) is 3. The quantitative estimate of drug-likeness (QED) is 0.491. The SMILES string of the molecule is Cc1ccc2oc3c(Br)c2c1C1(NN=NN1C1CC1C(=O)N[C@@H](C)C(=O)O)c1ccccc1-3. The summed E-state index contributed by atoms with van der Waals surface area (Å²) < 4.78 is 7.10. The maximum Gasteiger partial charge on any atom is 0.325 e. The molecule has 0 radical (unpaired) electrons.